The number of hydrogen-bond donors (Lipinski definition) is 2. The minimum atomic E-state index is 0. The Morgan fingerprint density at radius 1 is 1.06 bits per heavy atom. The largest absolute Gasteiger partial charge is 0.497 e. The van der Waals surface area contributed by atoms with Crippen LogP contribution in [-0.4, -0.2) is 52.9 Å². The van der Waals surface area contributed by atoms with Crippen molar-refractivity contribution in [3.63, 3.8) is 0 Å². The van der Waals surface area contributed by atoms with Crippen LogP contribution < -0.4 is 25.0 Å². The van der Waals surface area contributed by atoms with Gasteiger partial charge in [-0.05, 0) is 37.0 Å². The summed E-state index contributed by atoms with van der Waals surface area (Å²) in [5.74, 6) is 2.48. The van der Waals surface area contributed by atoms with Gasteiger partial charge in [-0.2, -0.15) is 0 Å². The highest BCUT2D eigenvalue weighted by atomic mass is 127. The molecule has 0 aromatic heterocycles. The van der Waals surface area contributed by atoms with Gasteiger partial charge < -0.3 is 25.0 Å². The molecule has 31 heavy (non-hydrogen) atoms. The molecule has 2 N–H and O–H groups in total. The number of anilines is 1. The van der Waals surface area contributed by atoms with Gasteiger partial charge in [-0.15, -0.1) is 24.0 Å². The molecule has 2 aromatic carbocycles. The van der Waals surface area contributed by atoms with E-state index < -0.39 is 0 Å². The zero-order chi connectivity index (χ0) is 21.3. The summed E-state index contributed by atoms with van der Waals surface area (Å²) in [5.41, 5.74) is 2.39. The SMILES string of the molecule is CN=C(NCCc1ccc(Cl)cc1)NC1CCN(c2cc(OC)cc(OC)c2)CC1.I. The van der Waals surface area contributed by atoms with E-state index >= 15 is 0 Å². The first-order valence-corrected chi connectivity index (χ1v) is 10.7. The van der Waals surface area contributed by atoms with Crippen LogP contribution in [0.4, 0.5) is 5.69 Å². The van der Waals surface area contributed by atoms with Gasteiger partial charge in [-0.1, -0.05) is 23.7 Å². The van der Waals surface area contributed by atoms with E-state index in [4.69, 9.17) is 21.1 Å². The van der Waals surface area contributed by atoms with Crippen LogP contribution in [0.15, 0.2) is 47.5 Å². The molecule has 0 amide bonds. The zero-order valence-corrected chi connectivity index (χ0v) is 21.4. The van der Waals surface area contributed by atoms with Crippen LogP contribution in [0.5, 0.6) is 11.5 Å². The summed E-state index contributed by atoms with van der Waals surface area (Å²) in [6, 6.07) is 14.4. The third kappa shape index (κ3) is 7.64. The highest BCUT2D eigenvalue weighted by Crippen LogP contribution is 2.30. The monoisotopic (exact) mass is 558 g/mol. The first-order valence-electron chi connectivity index (χ1n) is 10.3. The van der Waals surface area contributed by atoms with Gasteiger partial charge in [-0.3, -0.25) is 4.99 Å². The first kappa shape index (κ1) is 25.4. The van der Waals surface area contributed by atoms with E-state index in [9.17, 15) is 0 Å². The molecule has 8 heteroatoms. The first-order chi connectivity index (χ1) is 14.6. The number of rotatable bonds is 7. The molecule has 1 fully saturated rings. The van der Waals surface area contributed by atoms with Crippen molar-refractivity contribution in [3.05, 3.63) is 53.1 Å². The molecule has 1 aliphatic rings. The van der Waals surface area contributed by atoms with Gasteiger partial charge in [0.15, 0.2) is 5.96 Å². The fraction of sp³-hybridized carbons (Fsp3) is 0.435. The molecule has 0 saturated carbocycles. The van der Waals surface area contributed by atoms with Gasteiger partial charge in [0, 0.05) is 61.6 Å². The Kier molecular flexibility index (Phi) is 10.5. The lowest BCUT2D eigenvalue weighted by molar-refractivity contribution is 0.393. The maximum Gasteiger partial charge on any atom is 0.191 e. The number of methoxy groups -OCH3 is 2. The Bertz CT molecular complexity index is 818. The minimum Gasteiger partial charge on any atom is -0.497 e. The molecule has 3 rings (SSSR count). The maximum atomic E-state index is 5.95. The molecule has 0 unspecified atom stereocenters. The Morgan fingerprint density at radius 3 is 2.23 bits per heavy atom. The van der Waals surface area contributed by atoms with Crippen LogP contribution in [0, 0.1) is 0 Å². The van der Waals surface area contributed by atoms with Crippen molar-refractivity contribution in [2.75, 3.05) is 45.8 Å². The van der Waals surface area contributed by atoms with Crippen molar-refractivity contribution in [1.82, 2.24) is 10.6 Å². The number of ether oxygens (including phenoxy) is 2. The van der Waals surface area contributed by atoms with E-state index in [-0.39, 0.29) is 24.0 Å². The van der Waals surface area contributed by atoms with Crippen LogP contribution in [0.25, 0.3) is 0 Å². The fourth-order valence-corrected chi connectivity index (χ4v) is 3.75. The third-order valence-corrected chi connectivity index (χ3v) is 5.63. The lowest BCUT2D eigenvalue weighted by Crippen LogP contribution is -2.49. The summed E-state index contributed by atoms with van der Waals surface area (Å²) < 4.78 is 10.8. The summed E-state index contributed by atoms with van der Waals surface area (Å²) in [7, 11) is 5.18. The average Bonchev–Trinajstić information content (AvgIpc) is 2.79. The van der Waals surface area contributed by atoms with E-state index in [1.807, 2.05) is 25.2 Å². The van der Waals surface area contributed by atoms with E-state index in [0.717, 1.165) is 67.1 Å². The summed E-state index contributed by atoms with van der Waals surface area (Å²) in [4.78, 5) is 6.75. The van der Waals surface area contributed by atoms with Crippen LogP contribution in [-0.2, 0) is 6.42 Å². The Hall–Kier alpha value is -1.87. The van der Waals surface area contributed by atoms with Crippen molar-refractivity contribution in [2.24, 2.45) is 4.99 Å². The Balaban J connectivity index is 0.00000341. The molecule has 6 nitrogen and oxygen atoms in total. The Labute approximate surface area is 207 Å². The van der Waals surface area contributed by atoms with Gasteiger partial charge in [0.1, 0.15) is 11.5 Å². The van der Waals surface area contributed by atoms with Gasteiger partial charge in [0.25, 0.3) is 0 Å². The second kappa shape index (κ2) is 12.9. The van der Waals surface area contributed by atoms with Gasteiger partial charge in [0.05, 0.1) is 14.2 Å². The molecule has 1 heterocycles. The van der Waals surface area contributed by atoms with Gasteiger partial charge >= 0.3 is 0 Å². The molecule has 2 aromatic rings. The molecule has 170 valence electrons. The Morgan fingerprint density at radius 2 is 1.68 bits per heavy atom. The zero-order valence-electron chi connectivity index (χ0n) is 18.4. The van der Waals surface area contributed by atoms with Crippen LogP contribution in [0.2, 0.25) is 5.02 Å². The highest BCUT2D eigenvalue weighted by molar-refractivity contribution is 14.0. The van der Waals surface area contributed by atoms with Gasteiger partial charge in [-0.25, -0.2) is 0 Å². The van der Waals surface area contributed by atoms with Gasteiger partial charge in [0.2, 0.25) is 0 Å². The summed E-state index contributed by atoms with van der Waals surface area (Å²) in [6.45, 7) is 2.76. The molecule has 0 aliphatic carbocycles. The minimum absolute atomic E-state index is 0. The molecule has 0 atom stereocenters. The van der Waals surface area contributed by atoms with Crippen molar-refractivity contribution < 1.29 is 9.47 Å². The van der Waals surface area contributed by atoms with E-state index in [0.29, 0.717) is 6.04 Å². The number of benzene rings is 2. The fourth-order valence-electron chi connectivity index (χ4n) is 3.62. The second-order valence-corrected chi connectivity index (χ2v) is 7.79. The molecule has 0 spiro atoms. The molecule has 1 aliphatic heterocycles. The number of nitrogens with one attached hydrogen (secondary N) is 2. The summed E-state index contributed by atoms with van der Waals surface area (Å²) >= 11 is 5.95. The van der Waals surface area contributed by atoms with Crippen molar-refractivity contribution in [3.8, 4) is 11.5 Å². The molecule has 1 saturated heterocycles. The lowest BCUT2D eigenvalue weighted by atomic mass is 10.0. The number of piperidine rings is 1. The van der Waals surface area contributed by atoms with Crippen LogP contribution in [0.3, 0.4) is 0 Å². The predicted octanol–water partition coefficient (Wildman–Crippen LogP) is 4.35. The van der Waals surface area contributed by atoms with Crippen molar-refractivity contribution >= 4 is 47.2 Å². The summed E-state index contributed by atoms with van der Waals surface area (Å²) in [6.07, 6.45) is 3.00. The third-order valence-electron chi connectivity index (χ3n) is 5.38. The normalized spacial score (nSPS) is 14.6. The van der Waals surface area contributed by atoms with Crippen LogP contribution >= 0.6 is 35.6 Å². The average molecular weight is 559 g/mol. The van der Waals surface area contributed by atoms with Crippen molar-refractivity contribution in [1.29, 1.82) is 0 Å². The van der Waals surface area contributed by atoms with E-state index in [1.165, 1.54) is 5.56 Å². The molecular formula is C23H32ClIN4O2. The lowest BCUT2D eigenvalue weighted by Gasteiger charge is -2.34. The topological polar surface area (TPSA) is 58.1 Å². The molecule has 0 bridgehead atoms. The van der Waals surface area contributed by atoms with Crippen LogP contribution in [0.1, 0.15) is 18.4 Å². The second-order valence-electron chi connectivity index (χ2n) is 7.35. The predicted molar refractivity (Wildman–Crippen MR) is 140 cm³/mol. The number of halogens is 2. The molecule has 0 radical (unpaired) electrons. The molecular weight excluding hydrogens is 527 g/mol. The quantitative estimate of drug-likeness (QED) is 0.301. The van der Waals surface area contributed by atoms with E-state index in [1.54, 1.807) is 14.2 Å². The van der Waals surface area contributed by atoms with E-state index in [2.05, 4.69) is 44.8 Å². The number of guanidine groups is 1. The number of nitrogens with zero attached hydrogens (tertiary/aromatic N) is 2. The highest BCUT2D eigenvalue weighted by Gasteiger charge is 2.21. The smallest absolute Gasteiger partial charge is 0.191 e. The number of aliphatic imine (C=N–C) groups is 1. The standard InChI is InChI=1S/C23H31ClN4O2.HI/c1-25-23(26-11-8-17-4-6-18(24)7-5-17)27-19-9-12-28(13-10-19)20-14-21(29-2)16-22(15-20)30-3;/h4-7,14-16,19H,8-13H2,1-3H3,(H2,25,26,27);1H. The maximum absolute atomic E-state index is 5.95. The summed E-state index contributed by atoms with van der Waals surface area (Å²) in [5, 5.41) is 7.74. The number of hydrogen-bond acceptors (Lipinski definition) is 4. The van der Waals surface area contributed by atoms with Crippen molar-refractivity contribution in [2.45, 2.75) is 25.3 Å².